The van der Waals surface area contributed by atoms with Crippen LogP contribution in [0.4, 0.5) is 4.39 Å². The van der Waals surface area contributed by atoms with Gasteiger partial charge in [-0.25, -0.2) is 9.37 Å². The highest BCUT2D eigenvalue weighted by atomic mass is 19.1. The predicted molar refractivity (Wildman–Crippen MR) is 72.8 cm³/mol. The summed E-state index contributed by atoms with van der Waals surface area (Å²) in [5.41, 5.74) is 2.28. The minimum Gasteiger partial charge on any atom is -0.348 e. The van der Waals surface area contributed by atoms with Crippen LogP contribution in [0.1, 0.15) is 15.9 Å². The van der Waals surface area contributed by atoms with Crippen molar-refractivity contribution in [3.05, 3.63) is 72.1 Å². The molecule has 1 aromatic carbocycles. The normalized spacial score (nSPS) is 10.7. The number of benzene rings is 1. The Kier molecular flexibility index (Phi) is 3.16. The van der Waals surface area contributed by atoms with E-state index in [4.69, 9.17) is 0 Å². The van der Waals surface area contributed by atoms with Gasteiger partial charge in [0, 0.05) is 18.3 Å². The monoisotopic (exact) mass is 269 g/mol. The van der Waals surface area contributed by atoms with Crippen molar-refractivity contribution >= 4 is 11.4 Å². The Morgan fingerprint density at radius 2 is 2.05 bits per heavy atom. The number of pyridine rings is 1. The van der Waals surface area contributed by atoms with Crippen molar-refractivity contribution < 1.29 is 9.18 Å². The third kappa shape index (κ3) is 2.51. The molecule has 1 N–H and O–H groups in total. The van der Waals surface area contributed by atoms with E-state index in [2.05, 4.69) is 10.3 Å². The van der Waals surface area contributed by atoms with Gasteiger partial charge in [0.25, 0.3) is 5.91 Å². The smallest absolute Gasteiger partial charge is 0.251 e. The van der Waals surface area contributed by atoms with Gasteiger partial charge in [0.15, 0.2) is 0 Å². The SMILES string of the molecule is O=C(NCc1ccc(F)cc1)c1ccn2cncc2c1. The Balaban J connectivity index is 1.70. The fourth-order valence-electron chi connectivity index (χ4n) is 1.95. The van der Waals surface area contributed by atoms with Crippen molar-refractivity contribution in [1.29, 1.82) is 0 Å². The van der Waals surface area contributed by atoms with Gasteiger partial charge in [0.1, 0.15) is 5.82 Å². The van der Waals surface area contributed by atoms with E-state index in [1.165, 1.54) is 12.1 Å². The number of carbonyl (C=O) groups is 1. The van der Waals surface area contributed by atoms with Crippen LogP contribution in [0.25, 0.3) is 5.52 Å². The highest BCUT2D eigenvalue weighted by molar-refractivity contribution is 5.95. The number of rotatable bonds is 3. The lowest BCUT2D eigenvalue weighted by atomic mass is 10.2. The molecule has 2 heterocycles. The number of halogens is 1. The molecule has 100 valence electrons. The van der Waals surface area contributed by atoms with Gasteiger partial charge in [-0.05, 0) is 29.8 Å². The molecule has 0 radical (unpaired) electrons. The van der Waals surface area contributed by atoms with Crippen LogP contribution in [0.15, 0.2) is 55.1 Å². The van der Waals surface area contributed by atoms with Crippen LogP contribution in [0.5, 0.6) is 0 Å². The second-order valence-corrected chi connectivity index (χ2v) is 4.45. The summed E-state index contributed by atoms with van der Waals surface area (Å²) >= 11 is 0. The molecule has 0 aliphatic rings. The number of carbonyl (C=O) groups excluding carboxylic acids is 1. The molecule has 3 aromatic rings. The molecule has 0 unspecified atom stereocenters. The van der Waals surface area contributed by atoms with Gasteiger partial charge in [-0.2, -0.15) is 0 Å². The number of hydrogen-bond acceptors (Lipinski definition) is 2. The average molecular weight is 269 g/mol. The summed E-state index contributed by atoms with van der Waals surface area (Å²) in [4.78, 5) is 16.0. The van der Waals surface area contributed by atoms with Crippen LogP contribution < -0.4 is 5.32 Å². The first-order valence-electron chi connectivity index (χ1n) is 6.17. The summed E-state index contributed by atoms with van der Waals surface area (Å²) in [6.45, 7) is 0.365. The fourth-order valence-corrected chi connectivity index (χ4v) is 1.95. The Hall–Kier alpha value is -2.69. The molecule has 4 nitrogen and oxygen atoms in total. The van der Waals surface area contributed by atoms with Gasteiger partial charge >= 0.3 is 0 Å². The Bertz CT molecular complexity index is 749. The largest absolute Gasteiger partial charge is 0.348 e. The maximum atomic E-state index is 12.8. The Morgan fingerprint density at radius 1 is 1.25 bits per heavy atom. The van der Waals surface area contributed by atoms with Gasteiger partial charge < -0.3 is 9.72 Å². The fraction of sp³-hybridized carbons (Fsp3) is 0.0667. The first-order valence-corrected chi connectivity index (χ1v) is 6.17. The zero-order chi connectivity index (χ0) is 13.9. The molecule has 0 spiro atoms. The molecule has 0 saturated carbocycles. The topological polar surface area (TPSA) is 46.4 Å². The lowest BCUT2D eigenvalue weighted by Crippen LogP contribution is -2.22. The molecule has 5 heteroatoms. The van der Waals surface area contributed by atoms with E-state index < -0.39 is 0 Å². The number of nitrogens with zero attached hydrogens (tertiary/aromatic N) is 2. The first-order chi connectivity index (χ1) is 9.72. The number of amides is 1. The van der Waals surface area contributed by atoms with Gasteiger partial charge in [-0.15, -0.1) is 0 Å². The molecule has 20 heavy (non-hydrogen) atoms. The summed E-state index contributed by atoms with van der Waals surface area (Å²) in [7, 11) is 0. The van der Waals surface area contributed by atoms with Gasteiger partial charge in [0.05, 0.1) is 18.0 Å². The number of fused-ring (bicyclic) bond motifs is 1. The molecular formula is C15H12FN3O. The quantitative estimate of drug-likeness (QED) is 0.793. The molecule has 0 bridgehead atoms. The van der Waals surface area contributed by atoms with Crippen LogP contribution in [-0.2, 0) is 6.54 Å². The number of nitrogens with one attached hydrogen (secondary N) is 1. The third-order valence-electron chi connectivity index (χ3n) is 3.04. The molecule has 0 atom stereocenters. The lowest BCUT2D eigenvalue weighted by Gasteiger charge is -2.06. The van der Waals surface area contributed by atoms with E-state index in [1.54, 1.807) is 43.0 Å². The van der Waals surface area contributed by atoms with Crippen LogP contribution in [0.2, 0.25) is 0 Å². The molecule has 1 amide bonds. The minimum atomic E-state index is -0.286. The highest BCUT2D eigenvalue weighted by Gasteiger charge is 2.06. The lowest BCUT2D eigenvalue weighted by molar-refractivity contribution is 0.0951. The van der Waals surface area contributed by atoms with Crippen molar-refractivity contribution in [3.8, 4) is 0 Å². The van der Waals surface area contributed by atoms with Crippen molar-refractivity contribution in [2.45, 2.75) is 6.54 Å². The van der Waals surface area contributed by atoms with Gasteiger partial charge in [-0.1, -0.05) is 12.1 Å². The van der Waals surface area contributed by atoms with Gasteiger partial charge in [0.2, 0.25) is 0 Å². The molecule has 0 saturated heterocycles. The van der Waals surface area contributed by atoms with Crippen molar-refractivity contribution in [2.75, 3.05) is 0 Å². The second kappa shape index (κ2) is 5.13. The Labute approximate surface area is 114 Å². The molecule has 2 aromatic heterocycles. The maximum Gasteiger partial charge on any atom is 0.251 e. The van der Waals surface area contributed by atoms with Crippen LogP contribution in [0, 0.1) is 5.82 Å². The standard InChI is InChI=1S/C15H12FN3O/c16-13-3-1-11(2-4-13)8-18-15(20)12-5-6-19-10-17-9-14(19)7-12/h1-7,9-10H,8H2,(H,18,20). The van der Waals surface area contributed by atoms with E-state index in [0.29, 0.717) is 12.1 Å². The molecule has 0 fully saturated rings. The van der Waals surface area contributed by atoms with E-state index in [-0.39, 0.29) is 11.7 Å². The van der Waals surface area contributed by atoms with Crippen molar-refractivity contribution in [1.82, 2.24) is 14.7 Å². The zero-order valence-corrected chi connectivity index (χ0v) is 10.6. The van der Waals surface area contributed by atoms with Crippen molar-refractivity contribution in [3.63, 3.8) is 0 Å². The molecule has 3 rings (SSSR count). The van der Waals surface area contributed by atoms with E-state index >= 15 is 0 Å². The van der Waals surface area contributed by atoms with Crippen LogP contribution in [0.3, 0.4) is 0 Å². The predicted octanol–water partition coefficient (Wildman–Crippen LogP) is 2.40. The summed E-state index contributed by atoms with van der Waals surface area (Å²) < 4.78 is 14.6. The number of hydrogen-bond donors (Lipinski definition) is 1. The van der Waals surface area contributed by atoms with Crippen molar-refractivity contribution in [2.24, 2.45) is 0 Å². The summed E-state index contributed by atoms with van der Waals surface area (Å²) in [5.74, 6) is -0.454. The molecule has 0 aliphatic heterocycles. The first kappa shape index (κ1) is 12.3. The molecule has 0 aliphatic carbocycles. The maximum absolute atomic E-state index is 12.8. The number of imidazole rings is 1. The Morgan fingerprint density at radius 3 is 2.85 bits per heavy atom. The average Bonchev–Trinajstić information content (AvgIpc) is 2.93. The van der Waals surface area contributed by atoms with Gasteiger partial charge in [-0.3, -0.25) is 4.79 Å². The van der Waals surface area contributed by atoms with Crippen LogP contribution in [-0.4, -0.2) is 15.3 Å². The summed E-state index contributed by atoms with van der Waals surface area (Å²) in [6, 6.07) is 9.55. The third-order valence-corrected chi connectivity index (χ3v) is 3.04. The van der Waals surface area contributed by atoms with E-state index in [1.807, 2.05) is 4.40 Å². The minimum absolute atomic E-state index is 0.168. The summed E-state index contributed by atoms with van der Waals surface area (Å²) in [6.07, 6.45) is 5.15. The molecular weight excluding hydrogens is 257 g/mol. The summed E-state index contributed by atoms with van der Waals surface area (Å²) in [5, 5.41) is 2.80. The van der Waals surface area contributed by atoms with Crippen LogP contribution >= 0.6 is 0 Å². The second-order valence-electron chi connectivity index (χ2n) is 4.45. The zero-order valence-electron chi connectivity index (χ0n) is 10.6. The van der Waals surface area contributed by atoms with E-state index in [9.17, 15) is 9.18 Å². The highest BCUT2D eigenvalue weighted by Crippen LogP contribution is 2.07. The van der Waals surface area contributed by atoms with E-state index in [0.717, 1.165) is 11.1 Å². The number of aromatic nitrogens is 2.